The van der Waals surface area contributed by atoms with Gasteiger partial charge in [-0.2, -0.15) is 0 Å². The molecule has 0 radical (unpaired) electrons. The van der Waals surface area contributed by atoms with Gasteiger partial charge in [0.15, 0.2) is 6.20 Å². The minimum Gasteiger partial charge on any atom is -0.201 e. The molecule has 0 bridgehead atoms. The molecule has 1 aromatic heterocycles. The quantitative estimate of drug-likeness (QED) is 0.480. The smallest absolute Gasteiger partial charge is 0.201 e. The number of hydrogen-bond donors (Lipinski definition) is 0. The first-order valence-corrected chi connectivity index (χ1v) is 10.7. The lowest BCUT2D eigenvalue weighted by Gasteiger charge is -2.21. The topological polar surface area (TPSA) is 3.88 Å². The summed E-state index contributed by atoms with van der Waals surface area (Å²) >= 11 is 0. The van der Waals surface area contributed by atoms with Crippen LogP contribution in [0.15, 0.2) is 54.7 Å². The average molecular weight is 369 g/mol. The largest absolute Gasteiger partial charge is 0.213 e. The van der Waals surface area contributed by atoms with Gasteiger partial charge in [0, 0.05) is 17.2 Å². The van der Waals surface area contributed by atoms with Crippen LogP contribution in [0.3, 0.4) is 0 Å². The SMILES string of the molecule is Cc1c[n+](C)c(-c2ccccc2C)cc1-c1ccc2c(c1)CC1(CCCC1)C2. The normalized spacial score (nSPS) is 17.2. The minimum absolute atomic E-state index is 0.589. The Morgan fingerprint density at radius 1 is 0.786 bits per heavy atom. The molecule has 2 aliphatic carbocycles. The van der Waals surface area contributed by atoms with E-state index in [-0.39, 0.29) is 0 Å². The summed E-state index contributed by atoms with van der Waals surface area (Å²) < 4.78 is 2.27. The fourth-order valence-electron chi connectivity index (χ4n) is 5.70. The van der Waals surface area contributed by atoms with Gasteiger partial charge in [0.1, 0.15) is 7.05 Å². The lowest BCUT2D eigenvalue weighted by molar-refractivity contribution is -0.660. The number of fused-ring (bicyclic) bond motifs is 1. The Hall–Kier alpha value is -2.41. The molecule has 1 spiro atoms. The molecular formula is C27H30N+. The molecule has 0 amide bonds. The molecule has 5 rings (SSSR count). The number of nitrogens with zero attached hydrogens (tertiary/aromatic N) is 1. The highest BCUT2D eigenvalue weighted by atomic mass is 14.9. The van der Waals surface area contributed by atoms with Crippen LogP contribution in [0.2, 0.25) is 0 Å². The van der Waals surface area contributed by atoms with E-state index in [2.05, 4.69) is 80.2 Å². The first-order valence-electron chi connectivity index (χ1n) is 10.7. The molecular weight excluding hydrogens is 338 g/mol. The van der Waals surface area contributed by atoms with E-state index in [1.165, 1.54) is 72.0 Å². The van der Waals surface area contributed by atoms with Crippen LogP contribution in [0.4, 0.5) is 0 Å². The standard InChI is InChI=1S/C27H30N/c1-19-8-4-5-9-24(19)26-15-25(20(2)18-28(26)3)21-10-11-22-16-27(12-6-7-13-27)17-23(22)14-21/h4-5,8-11,14-15,18H,6-7,12-13,16-17H2,1-3H3/q+1. The highest BCUT2D eigenvalue weighted by molar-refractivity contribution is 5.73. The van der Waals surface area contributed by atoms with Gasteiger partial charge < -0.3 is 0 Å². The number of hydrogen-bond acceptors (Lipinski definition) is 0. The third kappa shape index (κ3) is 2.89. The summed E-state index contributed by atoms with van der Waals surface area (Å²) in [4.78, 5) is 0. The van der Waals surface area contributed by atoms with E-state index in [4.69, 9.17) is 0 Å². The molecule has 2 aromatic carbocycles. The third-order valence-electron chi connectivity index (χ3n) is 7.21. The van der Waals surface area contributed by atoms with Gasteiger partial charge >= 0.3 is 0 Å². The van der Waals surface area contributed by atoms with Crippen molar-refractivity contribution < 1.29 is 4.57 Å². The third-order valence-corrected chi connectivity index (χ3v) is 7.21. The van der Waals surface area contributed by atoms with Crippen molar-refractivity contribution in [1.82, 2.24) is 0 Å². The number of aromatic nitrogens is 1. The maximum atomic E-state index is 2.49. The number of rotatable bonds is 2. The van der Waals surface area contributed by atoms with Gasteiger partial charge in [-0.1, -0.05) is 49.2 Å². The molecule has 1 heterocycles. The molecule has 1 saturated carbocycles. The number of pyridine rings is 1. The fraction of sp³-hybridized carbons (Fsp3) is 0.370. The fourth-order valence-corrected chi connectivity index (χ4v) is 5.70. The van der Waals surface area contributed by atoms with Crippen molar-refractivity contribution in [3.05, 3.63) is 77.0 Å². The molecule has 2 aliphatic rings. The molecule has 28 heavy (non-hydrogen) atoms. The molecule has 0 aliphatic heterocycles. The van der Waals surface area contributed by atoms with Crippen molar-refractivity contribution >= 4 is 0 Å². The first-order chi connectivity index (χ1) is 13.5. The highest BCUT2D eigenvalue weighted by Crippen LogP contribution is 2.49. The molecule has 1 nitrogen and oxygen atoms in total. The van der Waals surface area contributed by atoms with E-state index in [1.807, 2.05) is 0 Å². The van der Waals surface area contributed by atoms with Crippen molar-refractivity contribution in [2.75, 3.05) is 0 Å². The summed E-state index contributed by atoms with van der Waals surface area (Å²) in [6, 6.07) is 18.3. The van der Waals surface area contributed by atoms with Crippen LogP contribution < -0.4 is 4.57 Å². The second kappa shape index (κ2) is 6.58. The molecule has 1 heteroatoms. The molecule has 3 aromatic rings. The Kier molecular flexibility index (Phi) is 4.16. The van der Waals surface area contributed by atoms with E-state index in [9.17, 15) is 0 Å². The van der Waals surface area contributed by atoms with Crippen molar-refractivity contribution in [2.45, 2.75) is 52.4 Å². The van der Waals surface area contributed by atoms with Gasteiger partial charge in [0.25, 0.3) is 0 Å². The van der Waals surface area contributed by atoms with Gasteiger partial charge in [-0.05, 0) is 78.8 Å². The van der Waals surface area contributed by atoms with Crippen LogP contribution in [-0.2, 0) is 19.9 Å². The lowest BCUT2D eigenvalue weighted by atomic mass is 9.83. The molecule has 1 fully saturated rings. The van der Waals surface area contributed by atoms with Gasteiger partial charge in [-0.15, -0.1) is 0 Å². The summed E-state index contributed by atoms with van der Waals surface area (Å²) in [6.07, 6.45) is 10.6. The van der Waals surface area contributed by atoms with Crippen LogP contribution in [0.1, 0.15) is 47.9 Å². The Morgan fingerprint density at radius 2 is 1.54 bits per heavy atom. The zero-order chi connectivity index (χ0) is 19.3. The summed E-state index contributed by atoms with van der Waals surface area (Å²) in [5, 5.41) is 0. The monoisotopic (exact) mass is 368 g/mol. The predicted octanol–water partition coefficient (Wildman–Crippen LogP) is 6.12. The van der Waals surface area contributed by atoms with E-state index in [0.29, 0.717) is 5.41 Å². The number of aryl methyl sites for hydroxylation is 3. The molecule has 0 saturated heterocycles. The van der Waals surface area contributed by atoms with Crippen LogP contribution in [0.5, 0.6) is 0 Å². The van der Waals surface area contributed by atoms with Crippen molar-refractivity contribution in [2.24, 2.45) is 12.5 Å². The molecule has 142 valence electrons. The second-order valence-corrected chi connectivity index (χ2v) is 9.23. The van der Waals surface area contributed by atoms with Crippen LogP contribution in [-0.4, -0.2) is 0 Å². The van der Waals surface area contributed by atoms with Crippen LogP contribution >= 0.6 is 0 Å². The van der Waals surface area contributed by atoms with Gasteiger partial charge in [-0.25, -0.2) is 4.57 Å². The summed E-state index contributed by atoms with van der Waals surface area (Å²) in [6.45, 7) is 4.44. The number of benzene rings is 2. The molecule has 0 atom stereocenters. The lowest BCUT2D eigenvalue weighted by Crippen LogP contribution is -2.31. The summed E-state index contributed by atoms with van der Waals surface area (Å²) in [7, 11) is 2.16. The van der Waals surface area contributed by atoms with Crippen molar-refractivity contribution in [3.63, 3.8) is 0 Å². The zero-order valence-electron chi connectivity index (χ0n) is 17.4. The van der Waals surface area contributed by atoms with E-state index in [0.717, 1.165) is 0 Å². The van der Waals surface area contributed by atoms with E-state index in [1.54, 1.807) is 11.1 Å². The van der Waals surface area contributed by atoms with Crippen molar-refractivity contribution in [1.29, 1.82) is 0 Å². The second-order valence-electron chi connectivity index (χ2n) is 9.23. The van der Waals surface area contributed by atoms with Crippen LogP contribution in [0.25, 0.3) is 22.4 Å². The minimum atomic E-state index is 0.589. The Morgan fingerprint density at radius 3 is 2.32 bits per heavy atom. The zero-order valence-corrected chi connectivity index (χ0v) is 17.4. The van der Waals surface area contributed by atoms with Crippen molar-refractivity contribution in [3.8, 4) is 22.4 Å². The molecule has 0 unspecified atom stereocenters. The summed E-state index contributed by atoms with van der Waals surface area (Å²) in [5.74, 6) is 0. The van der Waals surface area contributed by atoms with E-state index < -0.39 is 0 Å². The Bertz CT molecular complexity index is 1050. The Balaban J connectivity index is 1.58. The maximum absolute atomic E-state index is 2.49. The van der Waals surface area contributed by atoms with Gasteiger partial charge in [0.2, 0.25) is 5.69 Å². The summed E-state index contributed by atoms with van der Waals surface area (Å²) in [5.41, 5.74) is 11.8. The first kappa shape index (κ1) is 17.7. The van der Waals surface area contributed by atoms with E-state index >= 15 is 0 Å². The maximum Gasteiger partial charge on any atom is 0.213 e. The van der Waals surface area contributed by atoms with Crippen LogP contribution in [0, 0.1) is 19.3 Å². The van der Waals surface area contributed by atoms with Gasteiger partial charge in [0.05, 0.1) is 0 Å². The van der Waals surface area contributed by atoms with Gasteiger partial charge in [-0.3, -0.25) is 0 Å². The average Bonchev–Trinajstić information content (AvgIpc) is 3.28. The highest BCUT2D eigenvalue weighted by Gasteiger charge is 2.39. The molecule has 0 N–H and O–H groups in total. The predicted molar refractivity (Wildman–Crippen MR) is 116 cm³/mol. The Labute approximate surface area is 169 Å².